The zero-order valence-corrected chi connectivity index (χ0v) is 12.5. The lowest BCUT2D eigenvalue weighted by Crippen LogP contribution is -2.31. The summed E-state index contributed by atoms with van der Waals surface area (Å²) in [6.45, 7) is 7.61. The van der Waals surface area contributed by atoms with Crippen LogP contribution in [0.5, 0.6) is 0 Å². The summed E-state index contributed by atoms with van der Waals surface area (Å²) >= 11 is 0. The van der Waals surface area contributed by atoms with Crippen LogP contribution in [0.1, 0.15) is 32.9 Å². The van der Waals surface area contributed by atoms with E-state index in [0.717, 1.165) is 19.4 Å². The van der Waals surface area contributed by atoms with Gasteiger partial charge in [0.1, 0.15) is 0 Å². The highest BCUT2D eigenvalue weighted by Crippen LogP contribution is 2.20. The Hall–Kier alpha value is -1.35. The van der Waals surface area contributed by atoms with Gasteiger partial charge in [0.25, 0.3) is 0 Å². The Labute approximate surface area is 116 Å². The van der Waals surface area contributed by atoms with E-state index in [2.05, 4.69) is 55.0 Å². The molecule has 0 fully saturated rings. The smallest absolute Gasteiger partial charge is 0.0703 e. The molecule has 1 heterocycles. The SMILES string of the molecule is CCn1nc(CCC(NC)C(C)C)c2ccccc21. The molecule has 0 aliphatic heterocycles. The van der Waals surface area contributed by atoms with Crippen LogP contribution in [0.2, 0.25) is 0 Å². The summed E-state index contributed by atoms with van der Waals surface area (Å²) in [5, 5.41) is 9.48. The van der Waals surface area contributed by atoms with Crippen molar-refractivity contribution in [2.45, 2.75) is 46.2 Å². The standard InChI is InChI=1S/C16H25N3/c1-5-19-16-9-7-6-8-13(16)15(18-19)11-10-14(17-4)12(2)3/h6-9,12,14,17H,5,10-11H2,1-4H3. The van der Waals surface area contributed by atoms with Crippen LogP contribution >= 0.6 is 0 Å². The van der Waals surface area contributed by atoms with Gasteiger partial charge in [-0.15, -0.1) is 0 Å². The van der Waals surface area contributed by atoms with E-state index in [1.165, 1.54) is 16.6 Å². The van der Waals surface area contributed by atoms with Crippen molar-refractivity contribution in [3.63, 3.8) is 0 Å². The molecule has 2 aromatic rings. The summed E-state index contributed by atoms with van der Waals surface area (Å²) in [5.74, 6) is 0.657. The molecule has 0 aliphatic carbocycles. The van der Waals surface area contributed by atoms with E-state index in [1.54, 1.807) is 0 Å². The van der Waals surface area contributed by atoms with Gasteiger partial charge in [0, 0.05) is 18.0 Å². The maximum Gasteiger partial charge on any atom is 0.0703 e. The van der Waals surface area contributed by atoms with Gasteiger partial charge in [-0.1, -0.05) is 32.0 Å². The number of aryl methyl sites for hydroxylation is 2. The van der Waals surface area contributed by atoms with Gasteiger partial charge in [0.05, 0.1) is 11.2 Å². The number of aromatic nitrogens is 2. The Kier molecular flexibility index (Phi) is 4.59. The summed E-state index contributed by atoms with van der Waals surface area (Å²) in [5.41, 5.74) is 2.49. The average Bonchev–Trinajstić information content (AvgIpc) is 2.77. The Morgan fingerprint density at radius 2 is 2.00 bits per heavy atom. The maximum atomic E-state index is 4.76. The zero-order valence-electron chi connectivity index (χ0n) is 12.5. The number of hydrogen-bond donors (Lipinski definition) is 1. The van der Waals surface area contributed by atoms with E-state index >= 15 is 0 Å². The first-order valence-electron chi connectivity index (χ1n) is 7.29. The number of para-hydroxylation sites is 1. The summed E-state index contributed by atoms with van der Waals surface area (Å²) in [6, 6.07) is 9.10. The molecule has 1 unspecified atom stereocenters. The fraction of sp³-hybridized carbons (Fsp3) is 0.562. The molecule has 0 amide bonds. The van der Waals surface area contributed by atoms with E-state index < -0.39 is 0 Å². The quantitative estimate of drug-likeness (QED) is 0.863. The largest absolute Gasteiger partial charge is 0.317 e. The van der Waals surface area contributed by atoms with Gasteiger partial charge in [0.2, 0.25) is 0 Å². The second-order valence-electron chi connectivity index (χ2n) is 5.46. The number of fused-ring (bicyclic) bond motifs is 1. The third-order valence-corrected chi connectivity index (χ3v) is 3.90. The number of nitrogens with one attached hydrogen (secondary N) is 1. The predicted octanol–water partition coefficient (Wildman–Crippen LogP) is 3.23. The topological polar surface area (TPSA) is 29.9 Å². The number of benzene rings is 1. The molecule has 0 saturated heterocycles. The van der Waals surface area contributed by atoms with E-state index in [-0.39, 0.29) is 0 Å². The second-order valence-corrected chi connectivity index (χ2v) is 5.46. The Bertz CT molecular complexity index is 528. The van der Waals surface area contributed by atoms with Gasteiger partial charge >= 0.3 is 0 Å². The lowest BCUT2D eigenvalue weighted by Gasteiger charge is -2.19. The van der Waals surface area contributed by atoms with E-state index in [4.69, 9.17) is 5.10 Å². The predicted molar refractivity (Wildman–Crippen MR) is 81.4 cm³/mol. The molecule has 0 bridgehead atoms. The number of nitrogens with zero attached hydrogens (tertiary/aromatic N) is 2. The highest BCUT2D eigenvalue weighted by Gasteiger charge is 2.14. The molecule has 1 N–H and O–H groups in total. The zero-order chi connectivity index (χ0) is 13.8. The third-order valence-electron chi connectivity index (χ3n) is 3.90. The number of rotatable bonds is 6. The molecule has 19 heavy (non-hydrogen) atoms. The molecule has 2 rings (SSSR count). The minimum Gasteiger partial charge on any atom is -0.317 e. The van der Waals surface area contributed by atoms with Crippen LogP contribution in [0.4, 0.5) is 0 Å². The first-order chi connectivity index (χ1) is 9.17. The summed E-state index contributed by atoms with van der Waals surface area (Å²) in [6.07, 6.45) is 2.18. The number of hydrogen-bond acceptors (Lipinski definition) is 2. The van der Waals surface area contributed by atoms with Gasteiger partial charge in [-0.2, -0.15) is 5.10 Å². The molecule has 1 atom stereocenters. The van der Waals surface area contributed by atoms with Crippen LogP contribution in [0.3, 0.4) is 0 Å². The minimum absolute atomic E-state index is 0.561. The average molecular weight is 259 g/mol. The molecule has 3 nitrogen and oxygen atoms in total. The van der Waals surface area contributed by atoms with Crippen molar-refractivity contribution >= 4 is 10.9 Å². The van der Waals surface area contributed by atoms with E-state index in [9.17, 15) is 0 Å². The lowest BCUT2D eigenvalue weighted by atomic mass is 9.98. The third kappa shape index (κ3) is 2.98. The van der Waals surface area contributed by atoms with E-state index in [0.29, 0.717) is 12.0 Å². The molecule has 104 valence electrons. The van der Waals surface area contributed by atoms with Crippen LogP contribution in [0.25, 0.3) is 10.9 Å². The highest BCUT2D eigenvalue weighted by atomic mass is 15.3. The van der Waals surface area contributed by atoms with Crippen molar-refractivity contribution in [2.75, 3.05) is 7.05 Å². The van der Waals surface area contributed by atoms with Crippen LogP contribution in [0.15, 0.2) is 24.3 Å². The van der Waals surface area contributed by atoms with Crippen molar-refractivity contribution in [1.82, 2.24) is 15.1 Å². The van der Waals surface area contributed by atoms with Gasteiger partial charge in [-0.05, 0) is 38.8 Å². The molecular weight excluding hydrogens is 234 g/mol. The maximum absolute atomic E-state index is 4.76. The van der Waals surface area contributed by atoms with Gasteiger partial charge in [-0.25, -0.2) is 0 Å². The van der Waals surface area contributed by atoms with Crippen LogP contribution in [0, 0.1) is 5.92 Å². The van der Waals surface area contributed by atoms with Crippen molar-refractivity contribution in [3.05, 3.63) is 30.0 Å². The molecule has 0 radical (unpaired) electrons. The molecule has 0 aliphatic rings. The molecule has 1 aromatic carbocycles. The van der Waals surface area contributed by atoms with Gasteiger partial charge in [-0.3, -0.25) is 4.68 Å². The highest BCUT2D eigenvalue weighted by molar-refractivity contribution is 5.81. The summed E-state index contributed by atoms with van der Waals surface area (Å²) in [4.78, 5) is 0. The minimum atomic E-state index is 0.561. The van der Waals surface area contributed by atoms with Crippen molar-refractivity contribution in [1.29, 1.82) is 0 Å². The van der Waals surface area contributed by atoms with Crippen LogP contribution in [-0.4, -0.2) is 22.9 Å². The Morgan fingerprint density at radius 1 is 1.26 bits per heavy atom. The lowest BCUT2D eigenvalue weighted by molar-refractivity contribution is 0.401. The van der Waals surface area contributed by atoms with Crippen molar-refractivity contribution in [2.24, 2.45) is 5.92 Å². The van der Waals surface area contributed by atoms with Crippen molar-refractivity contribution < 1.29 is 0 Å². The molecule has 3 heteroatoms. The summed E-state index contributed by atoms with van der Waals surface area (Å²) < 4.78 is 2.11. The normalized spacial score (nSPS) is 13.3. The van der Waals surface area contributed by atoms with Crippen LogP contribution in [-0.2, 0) is 13.0 Å². The monoisotopic (exact) mass is 259 g/mol. The summed E-state index contributed by atoms with van der Waals surface area (Å²) in [7, 11) is 2.05. The fourth-order valence-corrected chi connectivity index (χ4v) is 2.73. The Balaban J connectivity index is 2.21. The van der Waals surface area contributed by atoms with Crippen molar-refractivity contribution in [3.8, 4) is 0 Å². The van der Waals surface area contributed by atoms with Crippen LogP contribution < -0.4 is 5.32 Å². The first-order valence-corrected chi connectivity index (χ1v) is 7.29. The molecule has 0 saturated carbocycles. The van der Waals surface area contributed by atoms with Gasteiger partial charge in [0.15, 0.2) is 0 Å². The molecular formula is C16H25N3. The van der Waals surface area contributed by atoms with E-state index in [1.807, 2.05) is 7.05 Å². The Morgan fingerprint density at radius 3 is 2.63 bits per heavy atom. The fourth-order valence-electron chi connectivity index (χ4n) is 2.73. The first kappa shape index (κ1) is 14.1. The molecule has 0 spiro atoms. The van der Waals surface area contributed by atoms with Gasteiger partial charge < -0.3 is 5.32 Å². The second kappa shape index (κ2) is 6.20. The molecule has 1 aromatic heterocycles.